The number of carbonyl (C=O) groups is 1. The van der Waals surface area contributed by atoms with E-state index >= 15 is 0 Å². The van der Waals surface area contributed by atoms with Crippen LogP contribution in [0.4, 0.5) is 8.78 Å². The van der Waals surface area contributed by atoms with Crippen molar-refractivity contribution < 1.29 is 31.8 Å². The van der Waals surface area contributed by atoms with Crippen LogP contribution in [0, 0.1) is 11.6 Å². The first-order chi connectivity index (χ1) is 9.29. The molecule has 1 aromatic rings. The van der Waals surface area contributed by atoms with Gasteiger partial charge in [0.05, 0.1) is 5.56 Å². The van der Waals surface area contributed by atoms with E-state index in [9.17, 15) is 22.0 Å². The van der Waals surface area contributed by atoms with Crippen molar-refractivity contribution >= 4 is 16.0 Å². The summed E-state index contributed by atoms with van der Waals surface area (Å²) in [5.74, 6) is -4.71. The SMILES string of the molecule is COCCCNS(=O)(=O)c1cc(C(=O)O)cc(F)c1F. The Morgan fingerprint density at radius 2 is 2.05 bits per heavy atom. The van der Waals surface area contributed by atoms with Crippen molar-refractivity contribution in [3.05, 3.63) is 29.3 Å². The van der Waals surface area contributed by atoms with E-state index in [-0.39, 0.29) is 13.2 Å². The number of ether oxygens (including phenoxy) is 1. The van der Waals surface area contributed by atoms with E-state index in [4.69, 9.17) is 9.84 Å². The number of benzene rings is 1. The maximum atomic E-state index is 13.5. The van der Waals surface area contributed by atoms with Crippen LogP contribution in [0.3, 0.4) is 0 Å². The predicted octanol–water partition coefficient (Wildman–Crippen LogP) is 0.978. The van der Waals surface area contributed by atoms with Gasteiger partial charge in [0.1, 0.15) is 4.90 Å². The molecule has 9 heteroatoms. The monoisotopic (exact) mass is 309 g/mol. The van der Waals surface area contributed by atoms with E-state index in [1.54, 1.807) is 0 Å². The molecule has 0 atom stereocenters. The Balaban J connectivity index is 3.07. The highest BCUT2D eigenvalue weighted by Crippen LogP contribution is 2.19. The van der Waals surface area contributed by atoms with Crippen molar-refractivity contribution in [3.63, 3.8) is 0 Å². The highest BCUT2D eigenvalue weighted by atomic mass is 32.2. The van der Waals surface area contributed by atoms with Gasteiger partial charge in [-0.25, -0.2) is 26.7 Å². The average molecular weight is 309 g/mol. The minimum atomic E-state index is -4.33. The number of hydrogen-bond donors (Lipinski definition) is 2. The molecule has 0 saturated heterocycles. The Kier molecular flexibility index (Phi) is 5.54. The Morgan fingerprint density at radius 3 is 2.60 bits per heavy atom. The number of halogens is 2. The van der Waals surface area contributed by atoms with Crippen LogP contribution in [-0.4, -0.2) is 39.8 Å². The minimum Gasteiger partial charge on any atom is -0.478 e. The van der Waals surface area contributed by atoms with Crippen molar-refractivity contribution in [1.82, 2.24) is 4.72 Å². The van der Waals surface area contributed by atoms with E-state index in [1.165, 1.54) is 7.11 Å². The number of carboxylic acid groups (broad SMARTS) is 1. The molecule has 0 aliphatic rings. The lowest BCUT2D eigenvalue weighted by Gasteiger charge is -2.09. The lowest BCUT2D eigenvalue weighted by Crippen LogP contribution is -2.27. The van der Waals surface area contributed by atoms with Crippen LogP contribution in [0.5, 0.6) is 0 Å². The van der Waals surface area contributed by atoms with Crippen LogP contribution in [-0.2, 0) is 14.8 Å². The van der Waals surface area contributed by atoms with E-state index in [0.717, 1.165) is 0 Å². The van der Waals surface area contributed by atoms with Gasteiger partial charge in [-0.05, 0) is 18.6 Å². The predicted molar refractivity (Wildman–Crippen MR) is 65.0 cm³/mol. The van der Waals surface area contributed by atoms with Gasteiger partial charge in [0.25, 0.3) is 0 Å². The maximum Gasteiger partial charge on any atom is 0.335 e. The summed E-state index contributed by atoms with van der Waals surface area (Å²) in [6.45, 7) is 0.239. The smallest absolute Gasteiger partial charge is 0.335 e. The van der Waals surface area contributed by atoms with Crippen molar-refractivity contribution in [2.75, 3.05) is 20.3 Å². The first kappa shape index (κ1) is 16.5. The van der Waals surface area contributed by atoms with Crippen molar-refractivity contribution in [3.8, 4) is 0 Å². The topological polar surface area (TPSA) is 92.7 Å². The van der Waals surface area contributed by atoms with E-state index < -0.39 is 38.1 Å². The first-order valence-electron chi connectivity index (χ1n) is 5.50. The Hall–Kier alpha value is -1.58. The van der Waals surface area contributed by atoms with Crippen molar-refractivity contribution in [2.45, 2.75) is 11.3 Å². The third-order valence-electron chi connectivity index (χ3n) is 2.35. The number of rotatable bonds is 7. The first-order valence-corrected chi connectivity index (χ1v) is 6.99. The third-order valence-corrected chi connectivity index (χ3v) is 3.81. The normalized spacial score (nSPS) is 11.6. The van der Waals surface area contributed by atoms with Gasteiger partial charge in [0, 0.05) is 20.3 Å². The molecule has 0 saturated carbocycles. The van der Waals surface area contributed by atoms with Gasteiger partial charge >= 0.3 is 5.97 Å². The van der Waals surface area contributed by atoms with Gasteiger partial charge in [0.15, 0.2) is 11.6 Å². The zero-order valence-electron chi connectivity index (χ0n) is 10.5. The third kappa shape index (κ3) is 3.95. The lowest BCUT2D eigenvalue weighted by atomic mass is 10.2. The van der Waals surface area contributed by atoms with E-state index in [1.807, 2.05) is 4.72 Å². The summed E-state index contributed by atoms with van der Waals surface area (Å²) in [7, 11) is -2.90. The fraction of sp³-hybridized carbons (Fsp3) is 0.364. The van der Waals surface area contributed by atoms with Gasteiger partial charge < -0.3 is 9.84 Å². The molecule has 0 aliphatic carbocycles. The van der Waals surface area contributed by atoms with Crippen molar-refractivity contribution in [2.24, 2.45) is 0 Å². The second kappa shape index (κ2) is 6.73. The number of aromatic carboxylic acids is 1. The summed E-state index contributed by atoms with van der Waals surface area (Å²) in [6.07, 6.45) is 0.332. The number of methoxy groups -OCH3 is 1. The summed E-state index contributed by atoms with van der Waals surface area (Å²) in [6, 6.07) is 0.987. The quantitative estimate of drug-likeness (QED) is 0.732. The summed E-state index contributed by atoms with van der Waals surface area (Å²) in [5, 5.41) is 8.72. The summed E-state index contributed by atoms with van der Waals surface area (Å²) >= 11 is 0. The van der Waals surface area contributed by atoms with Crippen LogP contribution in [0.15, 0.2) is 17.0 Å². The molecular formula is C11H13F2NO5S. The fourth-order valence-corrected chi connectivity index (χ4v) is 2.57. The van der Waals surface area contributed by atoms with Gasteiger partial charge in [0.2, 0.25) is 10.0 Å². The van der Waals surface area contributed by atoms with Crippen molar-refractivity contribution in [1.29, 1.82) is 0 Å². The molecule has 20 heavy (non-hydrogen) atoms. The second-order valence-electron chi connectivity index (χ2n) is 3.82. The number of hydrogen-bond acceptors (Lipinski definition) is 4. The molecule has 0 bridgehead atoms. The van der Waals surface area contributed by atoms with Crippen LogP contribution < -0.4 is 4.72 Å². The summed E-state index contributed by atoms with van der Waals surface area (Å²) in [4.78, 5) is 9.69. The van der Waals surface area contributed by atoms with Gasteiger partial charge in [-0.3, -0.25) is 0 Å². The molecular weight excluding hydrogens is 296 g/mol. The molecule has 0 aromatic heterocycles. The standard InChI is InChI=1S/C11H13F2NO5S/c1-19-4-2-3-14-20(17,18)9-6-7(11(15)16)5-8(12)10(9)13/h5-6,14H,2-4H2,1H3,(H,15,16). The number of sulfonamides is 1. The Labute approximate surface area is 114 Å². The zero-order chi connectivity index (χ0) is 15.3. The van der Waals surface area contributed by atoms with Crippen LogP contribution >= 0.6 is 0 Å². The van der Waals surface area contributed by atoms with Gasteiger partial charge in [-0.15, -0.1) is 0 Å². The summed E-state index contributed by atoms with van der Waals surface area (Å²) < 4.78 is 57.1. The number of carboxylic acids is 1. The average Bonchev–Trinajstić information content (AvgIpc) is 2.37. The highest BCUT2D eigenvalue weighted by Gasteiger charge is 2.24. The molecule has 112 valence electrons. The molecule has 0 amide bonds. The molecule has 0 aliphatic heterocycles. The molecule has 1 rings (SSSR count). The highest BCUT2D eigenvalue weighted by molar-refractivity contribution is 7.89. The van der Waals surface area contributed by atoms with Gasteiger partial charge in [-0.1, -0.05) is 0 Å². The molecule has 1 aromatic carbocycles. The molecule has 0 spiro atoms. The molecule has 0 unspecified atom stereocenters. The van der Waals surface area contributed by atoms with E-state index in [0.29, 0.717) is 18.6 Å². The number of nitrogens with one attached hydrogen (secondary N) is 1. The van der Waals surface area contributed by atoms with Crippen LogP contribution in [0.2, 0.25) is 0 Å². The van der Waals surface area contributed by atoms with E-state index in [2.05, 4.69) is 0 Å². The Morgan fingerprint density at radius 1 is 1.40 bits per heavy atom. The lowest BCUT2D eigenvalue weighted by molar-refractivity contribution is 0.0696. The molecule has 6 nitrogen and oxygen atoms in total. The Bertz CT molecular complexity index is 603. The van der Waals surface area contributed by atoms with Crippen LogP contribution in [0.25, 0.3) is 0 Å². The zero-order valence-corrected chi connectivity index (χ0v) is 11.3. The second-order valence-corrected chi connectivity index (χ2v) is 5.55. The summed E-state index contributed by atoms with van der Waals surface area (Å²) in [5.41, 5.74) is -0.652. The largest absolute Gasteiger partial charge is 0.478 e. The molecule has 2 N–H and O–H groups in total. The van der Waals surface area contributed by atoms with Crippen LogP contribution in [0.1, 0.15) is 16.8 Å². The molecule has 0 heterocycles. The van der Waals surface area contributed by atoms with Gasteiger partial charge in [-0.2, -0.15) is 0 Å². The molecule has 0 fully saturated rings. The molecule has 0 radical (unpaired) electrons. The fourth-order valence-electron chi connectivity index (χ4n) is 1.38. The maximum absolute atomic E-state index is 13.5. The minimum absolute atomic E-state index is 0.0471.